The van der Waals surface area contributed by atoms with Gasteiger partial charge in [-0.1, -0.05) is 0 Å². The molecule has 0 spiro atoms. The topological polar surface area (TPSA) is 69.7 Å². The molecule has 0 aromatic rings. The van der Waals surface area contributed by atoms with Gasteiger partial charge in [-0.15, -0.1) is 0 Å². The Morgan fingerprint density at radius 2 is 1.79 bits per heavy atom. The zero-order valence-corrected chi connectivity index (χ0v) is 11.5. The molecule has 1 aliphatic carbocycles. The lowest BCUT2D eigenvalue weighted by molar-refractivity contribution is -0.137. The first-order valence-corrected chi connectivity index (χ1v) is 6.81. The van der Waals surface area contributed by atoms with E-state index in [0.29, 0.717) is 32.6 Å². The van der Waals surface area contributed by atoms with Crippen LogP contribution < -0.4 is 5.32 Å². The summed E-state index contributed by atoms with van der Waals surface area (Å²) >= 11 is 0. The third-order valence-corrected chi connectivity index (χ3v) is 3.65. The summed E-state index contributed by atoms with van der Waals surface area (Å²) in [5.74, 6) is -0.255. The molecule has 3 amide bonds. The Labute approximate surface area is 113 Å². The van der Waals surface area contributed by atoms with Gasteiger partial charge in [-0.3, -0.25) is 14.4 Å². The fourth-order valence-electron chi connectivity index (χ4n) is 2.43. The maximum Gasteiger partial charge on any atom is 0.226 e. The van der Waals surface area contributed by atoms with E-state index in [9.17, 15) is 14.4 Å². The van der Waals surface area contributed by atoms with E-state index < -0.39 is 0 Å². The third kappa shape index (κ3) is 3.24. The highest BCUT2D eigenvalue weighted by molar-refractivity contribution is 5.92. The first-order chi connectivity index (χ1) is 9.02. The predicted molar refractivity (Wildman–Crippen MR) is 69.1 cm³/mol. The lowest BCUT2D eigenvalue weighted by atomic mass is 10.2. The van der Waals surface area contributed by atoms with Crippen LogP contribution in [-0.4, -0.2) is 60.2 Å². The summed E-state index contributed by atoms with van der Waals surface area (Å²) in [6.07, 6.45) is 1.48. The summed E-state index contributed by atoms with van der Waals surface area (Å²) < 4.78 is 0. The molecule has 19 heavy (non-hydrogen) atoms. The molecule has 2 unspecified atom stereocenters. The van der Waals surface area contributed by atoms with Crippen LogP contribution in [0.2, 0.25) is 0 Å². The lowest BCUT2D eigenvalue weighted by Crippen LogP contribution is -2.49. The van der Waals surface area contributed by atoms with Gasteiger partial charge < -0.3 is 15.1 Å². The van der Waals surface area contributed by atoms with E-state index in [2.05, 4.69) is 5.32 Å². The molecule has 106 valence electrons. The van der Waals surface area contributed by atoms with Crippen molar-refractivity contribution in [3.05, 3.63) is 0 Å². The molecule has 2 atom stereocenters. The monoisotopic (exact) mass is 267 g/mol. The first kappa shape index (κ1) is 13.8. The van der Waals surface area contributed by atoms with Crippen molar-refractivity contribution < 1.29 is 14.4 Å². The molecule has 1 heterocycles. The van der Waals surface area contributed by atoms with Gasteiger partial charge in [-0.05, 0) is 20.3 Å². The third-order valence-electron chi connectivity index (χ3n) is 3.65. The smallest absolute Gasteiger partial charge is 0.226 e. The number of rotatable bonds is 4. The molecule has 6 nitrogen and oxygen atoms in total. The van der Waals surface area contributed by atoms with Crippen molar-refractivity contribution >= 4 is 18.2 Å². The summed E-state index contributed by atoms with van der Waals surface area (Å²) in [7, 11) is 0. The number of carbonyl (C=O) groups excluding carboxylic acids is 3. The Balaban J connectivity index is 1.80. The maximum atomic E-state index is 12.2. The van der Waals surface area contributed by atoms with Gasteiger partial charge in [-0.2, -0.15) is 0 Å². The van der Waals surface area contributed by atoms with E-state index in [4.69, 9.17) is 0 Å². The molecule has 2 aliphatic rings. The van der Waals surface area contributed by atoms with Crippen molar-refractivity contribution in [1.29, 1.82) is 0 Å². The standard InChI is InChI=1S/C13H21N3O3/c1-9(2)14-12(18)10-7-11(10)13(19)16-5-3-15(8-17)4-6-16/h8-11H,3-7H2,1-2H3,(H,14,18). The normalized spacial score (nSPS) is 26.3. The van der Waals surface area contributed by atoms with Gasteiger partial charge in [0, 0.05) is 32.2 Å². The fourth-order valence-corrected chi connectivity index (χ4v) is 2.43. The molecular formula is C13H21N3O3. The lowest BCUT2D eigenvalue weighted by Gasteiger charge is -2.32. The minimum absolute atomic E-state index is 0.0140. The summed E-state index contributed by atoms with van der Waals surface area (Å²) in [5, 5.41) is 2.84. The Hall–Kier alpha value is -1.59. The predicted octanol–water partition coefficient (Wildman–Crippen LogP) is -0.552. The second-order valence-electron chi connectivity index (χ2n) is 5.58. The maximum absolute atomic E-state index is 12.2. The molecule has 0 radical (unpaired) electrons. The van der Waals surface area contributed by atoms with Crippen LogP contribution in [0, 0.1) is 11.8 Å². The van der Waals surface area contributed by atoms with Crippen molar-refractivity contribution in [2.45, 2.75) is 26.3 Å². The van der Waals surface area contributed by atoms with E-state index in [-0.39, 0.29) is 29.7 Å². The first-order valence-electron chi connectivity index (χ1n) is 6.81. The molecule has 6 heteroatoms. The van der Waals surface area contributed by atoms with Crippen LogP contribution in [0.4, 0.5) is 0 Å². The van der Waals surface area contributed by atoms with Crippen molar-refractivity contribution in [2.24, 2.45) is 11.8 Å². The van der Waals surface area contributed by atoms with Crippen molar-refractivity contribution in [2.75, 3.05) is 26.2 Å². The van der Waals surface area contributed by atoms with Crippen LogP contribution in [0.1, 0.15) is 20.3 Å². The largest absolute Gasteiger partial charge is 0.354 e. The van der Waals surface area contributed by atoms with Gasteiger partial charge in [0.05, 0.1) is 11.8 Å². The highest BCUT2D eigenvalue weighted by atomic mass is 16.2. The molecule has 1 aliphatic heterocycles. The number of amides is 3. The van der Waals surface area contributed by atoms with Crippen molar-refractivity contribution in [3.8, 4) is 0 Å². The van der Waals surface area contributed by atoms with Gasteiger partial charge >= 0.3 is 0 Å². The second-order valence-corrected chi connectivity index (χ2v) is 5.58. The molecule has 2 fully saturated rings. The molecule has 2 rings (SSSR count). The number of nitrogens with one attached hydrogen (secondary N) is 1. The van der Waals surface area contributed by atoms with E-state index >= 15 is 0 Å². The number of nitrogens with zero attached hydrogens (tertiary/aromatic N) is 2. The van der Waals surface area contributed by atoms with Crippen LogP contribution in [0.15, 0.2) is 0 Å². The zero-order chi connectivity index (χ0) is 14.0. The minimum Gasteiger partial charge on any atom is -0.354 e. The highest BCUT2D eigenvalue weighted by Gasteiger charge is 2.49. The quantitative estimate of drug-likeness (QED) is 0.695. The molecule has 0 aromatic heterocycles. The summed E-state index contributed by atoms with van der Waals surface area (Å²) in [5.41, 5.74) is 0. The SMILES string of the molecule is CC(C)NC(=O)C1CC1C(=O)N1CCN(C=O)CC1. The molecule has 1 saturated heterocycles. The Bertz CT molecular complexity index is 375. The summed E-state index contributed by atoms with van der Waals surface area (Å²) in [4.78, 5) is 38.0. The number of hydrogen-bond donors (Lipinski definition) is 1. The zero-order valence-electron chi connectivity index (χ0n) is 11.5. The molecule has 0 aromatic carbocycles. The van der Waals surface area contributed by atoms with Crippen LogP contribution in [-0.2, 0) is 14.4 Å². The van der Waals surface area contributed by atoms with Gasteiger partial charge in [-0.25, -0.2) is 0 Å². The summed E-state index contributed by atoms with van der Waals surface area (Å²) in [6.45, 7) is 6.15. The average molecular weight is 267 g/mol. The molecule has 1 N–H and O–H groups in total. The Morgan fingerprint density at radius 3 is 2.32 bits per heavy atom. The van der Waals surface area contributed by atoms with E-state index in [1.54, 1.807) is 9.80 Å². The van der Waals surface area contributed by atoms with Gasteiger partial charge in [0.1, 0.15) is 0 Å². The van der Waals surface area contributed by atoms with E-state index in [1.807, 2.05) is 13.8 Å². The minimum atomic E-state index is -0.154. The van der Waals surface area contributed by atoms with Gasteiger partial charge in [0.25, 0.3) is 0 Å². The fraction of sp³-hybridized carbons (Fsp3) is 0.769. The number of carbonyl (C=O) groups is 3. The molecule has 1 saturated carbocycles. The van der Waals surface area contributed by atoms with Crippen LogP contribution in [0.5, 0.6) is 0 Å². The average Bonchev–Trinajstić information content (AvgIpc) is 3.17. The molecule has 0 bridgehead atoms. The summed E-state index contributed by atoms with van der Waals surface area (Å²) in [6, 6.07) is 0.111. The van der Waals surface area contributed by atoms with E-state index in [1.165, 1.54) is 0 Å². The highest BCUT2D eigenvalue weighted by Crippen LogP contribution is 2.40. The Morgan fingerprint density at radius 1 is 1.16 bits per heavy atom. The molecular weight excluding hydrogens is 246 g/mol. The number of piperazine rings is 1. The van der Waals surface area contributed by atoms with Crippen molar-refractivity contribution in [3.63, 3.8) is 0 Å². The van der Waals surface area contributed by atoms with Crippen molar-refractivity contribution in [1.82, 2.24) is 15.1 Å². The van der Waals surface area contributed by atoms with E-state index in [0.717, 1.165) is 6.41 Å². The van der Waals surface area contributed by atoms with Crippen LogP contribution in [0.25, 0.3) is 0 Å². The van der Waals surface area contributed by atoms with Crippen LogP contribution >= 0.6 is 0 Å². The second kappa shape index (κ2) is 5.59. The van der Waals surface area contributed by atoms with Gasteiger partial charge in [0.15, 0.2) is 0 Å². The van der Waals surface area contributed by atoms with Gasteiger partial charge in [0.2, 0.25) is 18.2 Å². The Kier molecular flexibility index (Phi) is 4.07. The van der Waals surface area contributed by atoms with Crippen LogP contribution in [0.3, 0.4) is 0 Å². The number of hydrogen-bond acceptors (Lipinski definition) is 3.